The van der Waals surface area contributed by atoms with Crippen LogP contribution in [0.2, 0.25) is 0 Å². The number of carboxylic acid groups (broad SMARTS) is 1. The number of carboxylic acids is 1. The van der Waals surface area contributed by atoms with Crippen molar-refractivity contribution in [2.24, 2.45) is 0 Å². The fourth-order valence-corrected chi connectivity index (χ4v) is 21.9. The number of amides is 4. The third-order valence-electron chi connectivity index (χ3n) is 26.2. The molecule has 4 aromatic heterocycles. The number of rotatable bonds is 50. The highest BCUT2D eigenvalue weighted by Crippen LogP contribution is 2.52. The molecule has 3 aliphatic heterocycles. The lowest BCUT2D eigenvalue weighted by Crippen LogP contribution is -2.46. The molecule has 31 nitrogen and oxygen atoms in total. The van der Waals surface area contributed by atoms with Gasteiger partial charge in [-0.2, -0.15) is 21.4 Å². The van der Waals surface area contributed by atoms with Gasteiger partial charge in [0.15, 0.2) is 5.71 Å². The molecule has 0 spiro atoms. The SMILES string of the molecule is [CH][C@H](CCCCCCc1nc2c(cc1CNC(=O)[C@H](CCCCNC(=O)CCC(=O)NCc1cc3c(nc1CCCCCC[C@@H](CC(=O)O)c1cnc(C)nc1)CCCC3)NC(=O)CCCN(C)S(=O)(=O)c1cccc3c4c(ccc13)N(CCCS(=O)(=O)O)/C(=C/C=C/C=C/C1=[N+](CCCS(=O)(=O)[O-])c3ccc5ccc(S(=O)(=O)O)cc5c3C1(C)C)C4(C)C)CCCN2)c1cnc(C)nc1. The number of carbonyl (C=O) groups excluding carboxylic acids is 4. The molecule has 8 aromatic rings. The number of unbranched alkanes of at least 4 members (excludes halogenated alkanes) is 7. The summed E-state index contributed by atoms with van der Waals surface area (Å²) in [5, 5.41) is 27.4. The molecule has 2 radical (unpaired) electrons. The summed E-state index contributed by atoms with van der Waals surface area (Å²) in [6.45, 7) is 19.5. The van der Waals surface area contributed by atoms with Crippen molar-refractivity contribution in [3.63, 3.8) is 0 Å². The van der Waals surface area contributed by atoms with Gasteiger partial charge in [-0.3, -0.25) is 38.1 Å². The fraction of sp³-hybridized carbons (Fsp3) is 0.490. The van der Waals surface area contributed by atoms with E-state index in [0.717, 1.165) is 166 Å². The predicted molar refractivity (Wildman–Crippen MR) is 519 cm³/mol. The number of nitrogens with zero attached hydrogens (tertiary/aromatic N) is 9. The van der Waals surface area contributed by atoms with Gasteiger partial charge in [-0.15, -0.1) is 0 Å². The van der Waals surface area contributed by atoms with Crippen LogP contribution in [0.5, 0.6) is 0 Å². The summed E-state index contributed by atoms with van der Waals surface area (Å²) in [5.41, 5.74) is 11.1. The Morgan fingerprint density at radius 1 is 0.630 bits per heavy atom. The van der Waals surface area contributed by atoms with Gasteiger partial charge in [0.1, 0.15) is 30.1 Å². The summed E-state index contributed by atoms with van der Waals surface area (Å²) < 4.78 is 138. The van der Waals surface area contributed by atoms with Crippen molar-refractivity contribution in [3.8, 4) is 0 Å². The quantitative estimate of drug-likeness (QED) is 0.00759. The number of allylic oxidation sites excluding steroid dienone is 6. The molecule has 4 amide bonds. The molecule has 0 saturated carbocycles. The number of aryl methyl sites for hydroxylation is 7. The summed E-state index contributed by atoms with van der Waals surface area (Å²) in [7, 11) is -16.4. The molecular formula is C100H128N14O17S4. The van der Waals surface area contributed by atoms with Gasteiger partial charge in [0, 0.05) is 160 Å². The van der Waals surface area contributed by atoms with E-state index in [4.69, 9.17) is 16.9 Å². The van der Waals surface area contributed by atoms with Crippen LogP contribution in [0.15, 0.2) is 143 Å². The summed E-state index contributed by atoms with van der Waals surface area (Å²) in [4.78, 5) is 96.6. The van der Waals surface area contributed by atoms with E-state index in [9.17, 15) is 68.0 Å². The minimum absolute atomic E-state index is 0.00720. The number of fused-ring (bicyclic) bond motifs is 8. The van der Waals surface area contributed by atoms with E-state index in [1.54, 1.807) is 80.3 Å². The minimum Gasteiger partial charge on any atom is -0.748 e. The molecule has 3 atom stereocenters. The Labute approximate surface area is 794 Å². The lowest BCUT2D eigenvalue weighted by molar-refractivity contribution is -0.437. The molecule has 0 saturated heterocycles. The lowest BCUT2D eigenvalue weighted by Gasteiger charge is -2.27. The Hall–Kier alpha value is -10.7. The minimum atomic E-state index is -4.60. The average molecular weight is 1930 g/mol. The van der Waals surface area contributed by atoms with E-state index >= 15 is 8.42 Å². The van der Waals surface area contributed by atoms with Crippen molar-refractivity contribution >= 4 is 114 Å². The maximum absolute atomic E-state index is 15.0. The number of carbonyl (C=O) groups is 5. The van der Waals surface area contributed by atoms with Gasteiger partial charge in [0.2, 0.25) is 39.3 Å². The molecule has 0 fully saturated rings. The number of pyridine rings is 2. The van der Waals surface area contributed by atoms with Gasteiger partial charge in [0.25, 0.3) is 20.2 Å². The number of anilines is 2. The Morgan fingerprint density at radius 3 is 1.97 bits per heavy atom. The van der Waals surface area contributed by atoms with Crippen molar-refractivity contribution in [1.82, 2.24) is 55.5 Å². The molecule has 135 heavy (non-hydrogen) atoms. The Balaban J connectivity index is 0.690. The Kier molecular flexibility index (Phi) is 35.5. The number of sulfonamides is 1. The Bertz CT molecular complexity index is 6270. The van der Waals surface area contributed by atoms with Crippen LogP contribution in [-0.2, 0) is 120 Å². The topological polar surface area (TPSA) is 453 Å². The molecule has 0 unspecified atom stereocenters. The maximum Gasteiger partial charge on any atom is 0.303 e. The highest BCUT2D eigenvalue weighted by atomic mass is 32.2. The first-order valence-corrected chi connectivity index (χ1v) is 53.2. The smallest absolute Gasteiger partial charge is 0.303 e. The van der Waals surface area contributed by atoms with Gasteiger partial charge in [-0.1, -0.05) is 101 Å². The van der Waals surface area contributed by atoms with Crippen LogP contribution >= 0.6 is 0 Å². The third-order valence-corrected chi connectivity index (χ3v) is 30.5. The van der Waals surface area contributed by atoms with E-state index < -0.39 is 86.5 Å². The monoisotopic (exact) mass is 1920 g/mol. The zero-order chi connectivity index (χ0) is 97.0. The third kappa shape index (κ3) is 27.9. The normalized spacial score (nSPS) is 15.8. The van der Waals surface area contributed by atoms with E-state index in [0.29, 0.717) is 87.2 Å². The fourth-order valence-electron chi connectivity index (χ4n) is 19.0. The van der Waals surface area contributed by atoms with Gasteiger partial charge < -0.3 is 41.1 Å². The van der Waals surface area contributed by atoms with Crippen molar-refractivity contribution in [1.29, 1.82) is 0 Å². The average Bonchev–Trinajstić information content (AvgIpc) is 1.57. The molecule has 12 rings (SSSR count). The number of benzene rings is 4. The molecule has 4 aromatic carbocycles. The van der Waals surface area contributed by atoms with Crippen LogP contribution in [0.25, 0.3) is 21.5 Å². The number of nitrogens with one attached hydrogen (secondary N) is 5. The van der Waals surface area contributed by atoms with Crippen molar-refractivity contribution in [3.05, 3.63) is 214 Å². The first kappa shape index (κ1) is 103. The Morgan fingerprint density at radius 2 is 1.27 bits per heavy atom. The zero-order valence-corrected chi connectivity index (χ0v) is 81.6. The van der Waals surface area contributed by atoms with Crippen LogP contribution in [-0.4, -0.2) is 184 Å². The molecule has 7 heterocycles. The number of aliphatic carboxylic acids is 1. The second-order valence-corrected chi connectivity index (χ2v) is 43.5. The maximum atomic E-state index is 15.0. The zero-order valence-electron chi connectivity index (χ0n) is 78.3. The standard InChI is InChI=1S/C100H128N14O17S4/c1-67(76-63-103-68(2)104-64-76)29-14-9-11-17-35-84-75(58-73-32-25-51-102-97(73)111-84)62-108-98(120)85(37-22-23-50-101-91(115)48-49-92(116)107-61-74-57-72-31-20-21-36-82(72)109-83(74)34-16-12-10-15-30-71(59-94(118)119)77-65-105-69(3)106-66-77)110-93(117)41-26-52-112(8)134(127,128)88-38-24-33-80-79(88)45-47-87-95(80)99(4,5)89(114(87)54-28-56-133(124,125)126)39-18-13-19-40-90-100(6,7)96-81-60-78(135(129,130)131)44-42-70(81)43-46-86(96)113(90)53-27-55-132(121,122)123/h1,13,18-19,24,33,38-40,42-47,57-58,60,63-67,71,85H,9-12,14-17,20-23,25-32,34-37,41,48-56,59,61-62H2,2-8H3,(H8-,101,102,107,108,110,111,115,116,117,118,119,120,121,122,123,124,125,126,129,130,131)/t67-,71+,85+/m1/s1. The second-order valence-electron chi connectivity index (χ2n) is 37.0. The van der Waals surface area contributed by atoms with Crippen LogP contribution in [0.1, 0.15) is 260 Å². The highest BCUT2D eigenvalue weighted by Gasteiger charge is 2.46. The largest absolute Gasteiger partial charge is 0.748 e. The van der Waals surface area contributed by atoms with E-state index in [1.165, 1.54) is 35.1 Å². The molecule has 8 N–H and O–H groups in total. The molecule has 724 valence electrons. The van der Waals surface area contributed by atoms with Crippen LogP contribution in [0.4, 0.5) is 17.2 Å². The molecule has 0 bridgehead atoms. The molecule has 4 aliphatic rings. The van der Waals surface area contributed by atoms with Crippen LogP contribution in [0, 0.1) is 20.8 Å². The number of aromatic nitrogens is 6. The van der Waals surface area contributed by atoms with Crippen LogP contribution in [0.3, 0.4) is 0 Å². The van der Waals surface area contributed by atoms with E-state index in [1.807, 2.05) is 68.4 Å². The van der Waals surface area contributed by atoms with Gasteiger partial charge in [-0.05, 0) is 253 Å². The predicted octanol–water partition coefficient (Wildman–Crippen LogP) is 14.2. The number of hydrogen-bond donors (Lipinski definition) is 8. The first-order valence-electron chi connectivity index (χ1n) is 47.1. The summed E-state index contributed by atoms with van der Waals surface area (Å²) in [5.74, 6) is -1.75. The van der Waals surface area contributed by atoms with E-state index in [2.05, 4.69) is 58.7 Å². The molecular weight excluding hydrogens is 1800 g/mol. The van der Waals surface area contributed by atoms with E-state index in [-0.39, 0.29) is 124 Å². The summed E-state index contributed by atoms with van der Waals surface area (Å²) in [6.07, 6.45) is 32.6. The number of hydrogen-bond acceptors (Lipinski definition) is 22. The van der Waals surface area contributed by atoms with Gasteiger partial charge in [0.05, 0.1) is 37.5 Å². The second kappa shape index (κ2) is 46.5. The summed E-state index contributed by atoms with van der Waals surface area (Å²) >= 11 is 0. The molecule has 35 heteroatoms. The van der Waals surface area contributed by atoms with Crippen molar-refractivity contribution in [2.45, 2.75) is 273 Å². The highest BCUT2D eigenvalue weighted by molar-refractivity contribution is 7.89. The van der Waals surface area contributed by atoms with Crippen LogP contribution < -0.4 is 31.5 Å². The van der Waals surface area contributed by atoms with Gasteiger partial charge in [-0.25, -0.2) is 46.1 Å². The molecule has 1 aliphatic carbocycles. The van der Waals surface area contributed by atoms with Gasteiger partial charge >= 0.3 is 5.97 Å². The first-order chi connectivity index (χ1) is 64.2. The lowest BCUT2D eigenvalue weighted by atomic mass is 9.79. The summed E-state index contributed by atoms with van der Waals surface area (Å²) in [6, 6.07) is 19.7. The van der Waals surface area contributed by atoms with Crippen molar-refractivity contribution < 1.29 is 81.0 Å². The van der Waals surface area contributed by atoms with Crippen molar-refractivity contribution in [2.75, 3.05) is 61.5 Å².